The topological polar surface area (TPSA) is 9.23 Å². The van der Waals surface area contributed by atoms with Gasteiger partial charge in [-0.3, -0.25) is 0 Å². The Balaban J connectivity index is 0.000000461. The summed E-state index contributed by atoms with van der Waals surface area (Å²) in [5.41, 5.74) is 1.87. The Labute approximate surface area is 88.5 Å². The quantitative estimate of drug-likeness (QED) is 0.640. The average molecular weight is 196 g/mol. The van der Waals surface area contributed by atoms with Crippen molar-refractivity contribution in [1.82, 2.24) is 0 Å². The molecule has 0 amide bonds. The van der Waals surface area contributed by atoms with Crippen LogP contribution in [-0.2, 0) is 4.74 Å². The second-order valence-corrected chi connectivity index (χ2v) is 4.35. The molecule has 82 valence electrons. The first-order valence-electron chi connectivity index (χ1n) is 6.05. The van der Waals surface area contributed by atoms with Gasteiger partial charge in [-0.1, -0.05) is 27.7 Å². The molecule has 0 N–H and O–H groups in total. The molecular weight excluding hydrogens is 172 g/mol. The number of rotatable bonds is 2. The maximum atomic E-state index is 5.87. The molecule has 1 aliphatic heterocycles. The molecule has 1 nitrogen and oxygen atoms in total. The van der Waals surface area contributed by atoms with Gasteiger partial charge in [0.15, 0.2) is 0 Å². The lowest BCUT2D eigenvalue weighted by molar-refractivity contribution is 0.123. The van der Waals surface area contributed by atoms with E-state index >= 15 is 0 Å². The molecule has 0 aromatic rings. The van der Waals surface area contributed by atoms with Crippen molar-refractivity contribution >= 4 is 0 Å². The van der Waals surface area contributed by atoms with E-state index in [9.17, 15) is 0 Å². The van der Waals surface area contributed by atoms with Crippen molar-refractivity contribution < 1.29 is 4.74 Å². The summed E-state index contributed by atoms with van der Waals surface area (Å²) in [5, 5.41) is 0. The fourth-order valence-electron chi connectivity index (χ4n) is 2.08. The minimum atomic E-state index is 0.294. The van der Waals surface area contributed by atoms with Crippen molar-refractivity contribution in [3.8, 4) is 0 Å². The van der Waals surface area contributed by atoms with Crippen molar-refractivity contribution in [3.63, 3.8) is 0 Å². The van der Waals surface area contributed by atoms with E-state index in [4.69, 9.17) is 4.74 Å². The van der Waals surface area contributed by atoms with E-state index in [2.05, 4.69) is 20.8 Å². The highest BCUT2D eigenvalue weighted by atomic mass is 16.5. The smallest absolute Gasteiger partial charge is 0.113 e. The van der Waals surface area contributed by atoms with Gasteiger partial charge in [0.25, 0.3) is 0 Å². The molecule has 1 heterocycles. The fourth-order valence-corrected chi connectivity index (χ4v) is 2.08. The van der Waals surface area contributed by atoms with Crippen molar-refractivity contribution in [3.05, 3.63) is 11.3 Å². The van der Waals surface area contributed by atoms with Gasteiger partial charge in [0.2, 0.25) is 0 Å². The molecule has 0 bridgehead atoms. The molecule has 1 fully saturated rings. The van der Waals surface area contributed by atoms with Crippen LogP contribution in [0.1, 0.15) is 60.3 Å². The van der Waals surface area contributed by atoms with Crippen LogP contribution in [0.4, 0.5) is 0 Å². The van der Waals surface area contributed by atoms with E-state index in [1.165, 1.54) is 31.4 Å². The molecule has 1 spiro atoms. The molecule has 2 rings (SSSR count). The Morgan fingerprint density at radius 1 is 1.36 bits per heavy atom. The molecule has 2 aliphatic rings. The predicted molar refractivity (Wildman–Crippen MR) is 61.2 cm³/mol. The van der Waals surface area contributed by atoms with E-state index in [0.717, 1.165) is 5.92 Å². The second-order valence-electron chi connectivity index (χ2n) is 4.35. The molecule has 0 radical (unpaired) electrons. The highest BCUT2D eigenvalue weighted by Crippen LogP contribution is 2.52. The molecule has 0 saturated heterocycles. The molecule has 1 atom stereocenters. The normalized spacial score (nSPS) is 24.1. The van der Waals surface area contributed by atoms with Crippen LogP contribution in [0.5, 0.6) is 0 Å². The van der Waals surface area contributed by atoms with Gasteiger partial charge in [-0.05, 0) is 37.7 Å². The Kier molecular flexibility index (Phi) is 3.63. The monoisotopic (exact) mass is 196 g/mol. The zero-order valence-corrected chi connectivity index (χ0v) is 10.3. The van der Waals surface area contributed by atoms with Crippen LogP contribution in [0.25, 0.3) is 0 Å². The highest BCUT2D eigenvalue weighted by molar-refractivity contribution is 5.23. The van der Waals surface area contributed by atoms with Gasteiger partial charge in [-0.2, -0.15) is 0 Å². The summed E-state index contributed by atoms with van der Waals surface area (Å²) in [6, 6.07) is 0. The Bertz CT molecular complexity index is 223. The standard InChI is InChI=1S/C11H18O.C2H6/c1-4-8(2)10-7-11(5-6-11)12-9(10)3;1-2/h8H,4-7H2,1-3H3;1-2H3. The summed E-state index contributed by atoms with van der Waals surface area (Å²) in [7, 11) is 0. The molecule has 0 aromatic carbocycles. The third kappa shape index (κ3) is 2.13. The molecule has 1 aliphatic carbocycles. The molecule has 1 saturated carbocycles. The Morgan fingerprint density at radius 2 is 1.93 bits per heavy atom. The van der Waals surface area contributed by atoms with Crippen LogP contribution in [0.15, 0.2) is 11.3 Å². The summed E-state index contributed by atoms with van der Waals surface area (Å²) in [5.74, 6) is 1.95. The van der Waals surface area contributed by atoms with Gasteiger partial charge >= 0.3 is 0 Å². The fraction of sp³-hybridized carbons (Fsp3) is 0.846. The molecule has 14 heavy (non-hydrogen) atoms. The largest absolute Gasteiger partial charge is 0.492 e. The van der Waals surface area contributed by atoms with Gasteiger partial charge in [0, 0.05) is 6.42 Å². The maximum absolute atomic E-state index is 5.87. The lowest BCUT2D eigenvalue weighted by atomic mass is 9.94. The lowest BCUT2D eigenvalue weighted by Crippen LogP contribution is -2.06. The van der Waals surface area contributed by atoms with Gasteiger partial charge in [-0.25, -0.2) is 0 Å². The van der Waals surface area contributed by atoms with Gasteiger partial charge in [0.05, 0.1) is 5.76 Å². The number of hydrogen-bond donors (Lipinski definition) is 0. The van der Waals surface area contributed by atoms with Crippen LogP contribution >= 0.6 is 0 Å². The Morgan fingerprint density at radius 3 is 2.29 bits per heavy atom. The SMILES string of the molecule is CC.CCC(C)C1=C(C)OC2(CC2)C1. The first kappa shape index (κ1) is 11.6. The van der Waals surface area contributed by atoms with Crippen molar-refractivity contribution in [2.24, 2.45) is 5.92 Å². The van der Waals surface area contributed by atoms with Gasteiger partial charge in [0.1, 0.15) is 5.60 Å². The third-order valence-electron chi connectivity index (χ3n) is 3.35. The zero-order chi connectivity index (χ0) is 10.8. The first-order chi connectivity index (χ1) is 6.67. The van der Waals surface area contributed by atoms with Crippen molar-refractivity contribution in [2.75, 3.05) is 0 Å². The minimum absolute atomic E-state index is 0.294. The highest BCUT2D eigenvalue weighted by Gasteiger charge is 2.50. The predicted octanol–water partition coefficient (Wildman–Crippen LogP) is 4.29. The van der Waals surface area contributed by atoms with Crippen LogP contribution in [0, 0.1) is 5.92 Å². The van der Waals surface area contributed by atoms with E-state index in [1.807, 2.05) is 13.8 Å². The third-order valence-corrected chi connectivity index (χ3v) is 3.35. The van der Waals surface area contributed by atoms with Crippen molar-refractivity contribution in [1.29, 1.82) is 0 Å². The van der Waals surface area contributed by atoms with E-state index in [1.54, 1.807) is 5.57 Å². The average Bonchev–Trinajstić information content (AvgIpc) is 2.87. The molecular formula is C13H24O. The molecule has 1 unspecified atom stereocenters. The summed E-state index contributed by atoms with van der Waals surface area (Å²) in [4.78, 5) is 0. The van der Waals surface area contributed by atoms with Crippen molar-refractivity contribution in [2.45, 2.75) is 65.9 Å². The van der Waals surface area contributed by atoms with E-state index in [0.29, 0.717) is 5.60 Å². The lowest BCUT2D eigenvalue weighted by Gasteiger charge is -2.09. The first-order valence-corrected chi connectivity index (χ1v) is 6.05. The van der Waals surface area contributed by atoms with Crippen LogP contribution in [0.2, 0.25) is 0 Å². The summed E-state index contributed by atoms with van der Waals surface area (Å²) < 4.78 is 5.87. The molecule has 0 aromatic heterocycles. The number of hydrogen-bond acceptors (Lipinski definition) is 1. The van der Waals surface area contributed by atoms with E-state index in [-0.39, 0.29) is 0 Å². The number of ether oxygens (including phenoxy) is 1. The minimum Gasteiger partial charge on any atom is -0.492 e. The van der Waals surface area contributed by atoms with Crippen LogP contribution in [-0.4, -0.2) is 5.60 Å². The second kappa shape index (κ2) is 4.37. The van der Waals surface area contributed by atoms with Crippen LogP contribution in [0.3, 0.4) is 0 Å². The van der Waals surface area contributed by atoms with Gasteiger partial charge in [-0.15, -0.1) is 0 Å². The van der Waals surface area contributed by atoms with E-state index < -0.39 is 0 Å². The summed E-state index contributed by atoms with van der Waals surface area (Å²) >= 11 is 0. The van der Waals surface area contributed by atoms with Crippen LogP contribution < -0.4 is 0 Å². The summed E-state index contributed by atoms with van der Waals surface area (Å²) in [6.07, 6.45) is 5.02. The number of allylic oxidation sites excluding steroid dienone is 1. The zero-order valence-electron chi connectivity index (χ0n) is 10.3. The Hall–Kier alpha value is -0.460. The summed E-state index contributed by atoms with van der Waals surface area (Å²) in [6.45, 7) is 10.7. The maximum Gasteiger partial charge on any atom is 0.113 e. The van der Waals surface area contributed by atoms with Gasteiger partial charge < -0.3 is 4.74 Å². The molecule has 1 heteroatoms.